The predicted octanol–water partition coefficient (Wildman–Crippen LogP) is -10.8. The molecule has 4 aromatic rings. The van der Waals surface area contributed by atoms with Crippen molar-refractivity contribution in [3.63, 3.8) is 0 Å². The number of aryl methyl sites for hydroxylation is 2. The lowest BCUT2D eigenvalue weighted by atomic mass is 9.91. The highest BCUT2D eigenvalue weighted by atomic mass is 16.7. The second-order valence-electron chi connectivity index (χ2n) is 20.2. The zero-order chi connectivity index (χ0) is 57.3. The van der Waals surface area contributed by atoms with Gasteiger partial charge in [-0.25, -0.2) is 18.7 Å². The molecule has 80 heavy (non-hydrogen) atoms. The number of rotatable bonds is 21. The normalized spacial score (nSPS) is 40.8. The molecule has 17 N–H and O–H groups in total. The third kappa shape index (κ3) is 12.0. The summed E-state index contributed by atoms with van der Waals surface area (Å²) in [6.07, 6.45) is -26.4. The number of nitrogens with zero attached hydrogens (tertiary/aromatic N) is 12. The second kappa shape index (κ2) is 26.0. The minimum atomic E-state index is -1.82. The van der Waals surface area contributed by atoms with Gasteiger partial charge in [0.25, 0.3) is 0 Å². The Morgan fingerprint density at radius 1 is 0.362 bits per heavy atom. The lowest BCUT2D eigenvalue weighted by Crippen LogP contribution is -2.59. The van der Waals surface area contributed by atoms with E-state index in [1.54, 1.807) is 0 Å². The maximum absolute atomic E-state index is 11.6. The van der Waals surface area contributed by atoms with E-state index in [1.165, 1.54) is 34.2 Å². The van der Waals surface area contributed by atoms with Gasteiger partial charge in [-0.15, -0.1) is 20.4 Å². The smallest absolute Gasteiger partial charge is 0.186 e. The van der Waals surface area contributed by atoms with Crippen molar-refractivity contribution in [2.75, 3.05) is 46.2 Å². The first kappa shape index (κ1) is 60.2. The van der Waals surface area contributed by atoms with Crippen LogP contribution in [-0.2, 0) is 46.0 Å². The molecular weight excluding hydrogens is 1080 g/mol. The van der Waals surface area contributed by atoms with Gasteiger partial charge in [0.1, 0.15) is 145 Å². The first-order chi connectivity index (χ1) is 38.4. The number of ether oxygens (including phenoxy) is 7. The van der Waals surface area contributed by atoms with Gasteiger partial charge in [0, 0.05) is 12.4 Å². The summed E-state index contributed by atoms with van der Waals surface area (Å²) < 4.78 is 44.3. The van der Waals surface area contributed by atoms with E-state index in [2.05, 4.69) is 41.2 Å². The van der Waals surface area contributed by atoms with Crippen molar-refractivity contribution in [2.45, 2.75) is 179 Å². The van der Waals surface area contributed by atoms with Crippen LogP contribution in [0.3, 0.4) is 0 Å². The summed E-state index contributed by atoms with van der Waals surface area (Å²) in [6, 6.07) is -3.69. The highest BCUT2D eigenvalue weighted by Crippen LogP contribution is 2.41. The number of aromatic nitrogens is 12. The molecule has 5 aliphatic rings. The molecule has 0 radical (unpaired) electrons. The van der Waals surface area contributed by atoms with Crippen molar-refractivity contribution in [3.8, 4) is 0 Å². The first-order valence-corrected chi connectivity index (χ1v) is 25.8. The maximum atomic E-state index is 11.6. The summed E-state index contributed by atoms with van der Waals surface area (Å²) in [5.41, 5.74) is 0.606. The summed E-state index contributed by atoms with van der Waals surface area (Å²) in [6.45, 7) is -3.39. The van der Waals surface area contributed by atoms with Gasteiger partial charge in [-0.1, -0.05) is 20.9 Å². The molecule has 5 saturated heterocycles. The van der Waals surface area contributed by atoms with E-state index < -0.39 is 186 Å². The average Bonchev–Trinajstić information content (AvgIpc) is 4.38. The Balaban J connectivity index is 0.784. The SMILES string of the molecule is OC[C@@H]1O[C@H](c2cn([C@@H]3[C@@H](O)[C@H](O)[C@@H](n4cc([C@@H]5O[C@H](CO)[C@@H](n6cc(CCCO[C@@H]7O[C@H](CO)[C@H](O)[C@H](O)[C@H]7O)nn6)[C@H](O)[C@H]5O)nn4)O[C@H]3CO)nn2)[C@@H](O)[C@H](O)[C@H]1n1cc(CCCO[C@H]2O[C@H](CO)[C@@H](O)[C@@H](O)[C@@H]2O)nn1. The fourth-order valence-electron chi connectivity index (χ4n) is 10.5. The maximum Gasteiger partial charge on any atom is 0.186 e. The van der Waals surface area contributed by atoms with Gasteiger partial charge in [0.05, 0.1) is 70.0 Å². The van der Waals surface area contributed by atoms with E-state index >= 15 is 0 Å². The molecule has 5 aliphatic heterocycles. The van der Waals surface area contributed by atoms with Crippen LogP contribution in [-0.4, -0.2) is 309 Å². The van der Waals surface area contributed by atoms with Crippen molar-refractivity contribution < 1.29 is 120 Å². The molecule has 0 aliphatic carbocycles. The zero-order valence-electron chi connectivity index (χ0n) is 42.3. The fourth-order valence-corrected chi connectivity index (χ4v) is 10.5. The number of hydrogen-bond acceptors (Lipinski definition) is 32. The topological polar surface area (TPSA) is 531 Å². The van der Waals surface area contributed by atoms with Crippen LogP contribution in [0.2, 0.25) is 0 Å². The van der Waals surface area contributed by atoms with Gasteiger partial charge < -0.3 is 120 Å². The Kier molecular flexibility index (Phi) is 19.6. The van der Waals surface area contributed by atoms with E-state index in [0.29, 0.717) is 24.2 Å². The van der Waals surface area contributed by atoms with Crippen LogP contribution in [0.25, 0.3) is 0 Å². The monoisotopic (exact) mass is 1150 g/mol. The molecular formula is C44H68N12O24. The summed E-state index contributed by atoms with van der Waals surface area (Å²) in [7, 11) is 0. The summed E-state index contributed by atoms with van der Waals surface area (Å²) in [4.78, 5) is 0. The van der Waals surface area contributed by atoms with E-state index in [9.17, 15) is 86.8 Å². The van der Waals surface area contributed by atoms with Gasteiger partial charge in [0.2, 0.25) is 0 Å². The van der Waals surface area contributed by atoms with Crippen molar-refractivity contribution in [2.24, 2.45) is 0 Å². The third-order valence-corrected chi connectivity index (χ3v) is 15.0. The Labute approximate surface area is 451 Å². The van der Waals surface area contributed by atoms with Crippen LogP contribution in [0.1, 0.15) is 72.2 Å². The minimum absolute atomic E-state index is 0.0112. The molecule has 448 valence electrons. The number of hydrogen-bond donors (Lipinski definition) is 17. The van der Waals surface area contributed by atoms with E-state index in [1.807, 2.05) is 0 Å². The molecule has 0 saturated carbocycles. The van der Waals surface area contributed by atoms with Crippen LogP contribution in [0.4, 0.5) is 0 Å². The molecule has 9 rings (SSSR count). The Morgan fingerprint density at radius 2 is 0.725 bits per heavy atom. The average molecular weight is 1150 g/mol. The minimum Gasteiger partial charge on any atom is -0.394 e. The Morgan fingerprint density at radius 3 is 1.15 bits per heavy atom. The molecule has 36 heteroatoms. The van der Waals surface area contributed by atoms with Crippen LogP contribution in [0.15, 0.2) is 24.8 Å². The van der Waals surface area contributed by atoms with Gasteiger partial charge in [0.15, 0.2) is 18.8 Å². The molecule has 5 fully saturated rings. The fraction of sp³-hybridized carbons (Fsp3) is 0.818. The van der Waals surface area contributed by atoms with Gasteiger partial charge >= 0.3 is 0 Å². The lowest BCUT2D eigenvalue weighted by molar-refractivity contribution is -0.301. The molecule has 4 aromatic heterocycles. The lowest BCUT2D eigenvalue weighted by Gasteiger charge is -2.42. The predicted molar refractivity (Wildman–Crippen MR) is 250 cm³/mol. The summed E-state index contributed by atoms with van der Waals surface area (Å²) >= 11 is 0. The van der Waals surface area contributed by atoms with Crippen LogP contribution < -0.4 is 0 Å². The third-order valence-electron chi connectivity index (χ3n) is 15.0. The Hall–Kier alpha value is -4.40. The molecule has 0 unspecified atom stereocenters. The summed E-state index contributed by atoms with van der Waals surface area (Å²) in [5, 5.41) is 212. The Bertz CT molecular complexity index is 2560. The van der Waals surface area contributed by atoms with Crippen molar-refractivity contribution in [3.05, 3.63) is 47.6 Å². The molecule has 0 aromatic carbocycles. The van der Waals surface area contributed by atoms with Crippen LogP contribution >= 0.6 is 0 Å². The quantitative estimate of drug-likeness (QED) is 0.0345. The van der Waals surface area contributed by atoms with Crippen LogP contribution in [0, 0.1) is 0 Å². The zero-order valence-corrected chi connectivity index (χ0v) is 42.3. The number of aliphatic hydroxyl groups excluding tert-OH is 17. The van der Waals surface area contributed by atoms with Crippen LogP contribution in [0.5, 0.6) is 0 Å². The highest BCUT2D eigenvalue weighted by Gasteiger charge is 2.52. The molecule has 0 bridgehead atoms. The second-order valence-corrected chi connectivity index (χ2v) is 20.2. The molecule has 9 heterocycles. The van der Waals surface area contributed by atoms with Crippen molar-refractivity contribution >= 4 is 0 Å². The van der Waals surface area contributed by atoms with E-state index in [4.69, 9.17) is 33.2 Å². The summed E-state index contributed by atoms with van der Waals surface area (Å²) in [5.74, 6) is 0. The molecule has 25 atom stereocenters. The van der Waals surface area contributed by atoms with Gasteiger partial charge in [-0.05, 0) is 25.7 Å². The van der Waals surface area contributed by atoms with Gasteiger partial charge in [-0.2, -0.15) is 0 Å². The van der Waals surface area contributed by atoms with Gasteiger partial charge in [-0.3, -0.25) is 0 Å². The van der Waals surface area contributed by atoms with Crippen molar-refractivity contribution in [1.29, 1.82) is 0 Å². The largest absolute Gasteiger partial charge is 0.394 e. The molecule has 0 amide bonds. The highest BCUT2D eigenvalue weighted by molar-refractivity contribution is 5.12. The standard InChI is InChI=1S/C44H68N12O24/c57-11-20-25(53-7-16(45-49-53)3-1-5-74-43-38(72)33(67)28(62)23(14-60)79-43)30(64)35(69)40(76-20)18-9-55(51-47-18)27-22(13-59)78-42(37(71)32(27)66)56-10-19(48-52-56)41-36(70)31(65)26(21(12-58)77-41)54-8-17(46-50-54)4-2-6-75-44-39(73)34(68)29(63)24(15-61)80-44/h7-10,20-44,57-73H,1-6,11-15H2/t20-,21+,22-,23+,24+,25-,26+,27-,28+,29-,30+,31-,32+,33+,34-,35-,36+,37-,38-,39+,40+,41-,42-,43-,44+/m0/s1. The number of aliphatic hydroxyl groups is 17. The van der Waals surface area contributed by atoms with Crippen molar-refractivity contribution in [1.82, 2.24) is 60.0 Å². The first-order valence-electron chi connectivity index (χ1n) is 25.8. The molecule has 36 nitrogen and oxygen atoms in total. The van der Waals surface area contributed by atoms with E-state index in [-0.39, 0.29) is 37.4 Å². The molecule has 0 spiro atoms. The van der Waals surface area contributed by atoms with E-state index in [0.717, 1.165) is 9.36 Å².